The largest absolute Gasteiger partial charge is 0.481 e. The van der Waals surface area contributed by atoms with Gasteiger partial charge >= 0.3 is 17.9 Å². The van der Waals surface area contributed by atoms with Crippen molar-refractivity contribution in [3.8, 4) is 0 Å². The van der Waals surface area contributed by atoms with Crippen LogP contribution >= 0.6 is 0 Å². The van der Waals surface area contributed by atoms with Crippen molar-refractivity contribution < 1.29 is 34.5 Å². The highest BCUT2D eigenvalue weighted by Gasteiger charge is 2.66. The van der Waals surface area contributed by atoms with Crippen molar-refractivity contribution in [3.63, 3.8) is 0 Å². The number of aliphatic carboxylic acids is 3. The fraction of sp³-hybridized carbons (Fsp3) is 0.600. The molecule has 0 heterocycles. The molecular weight excluding hydrogens is 292 g/mol. The van der Waals surface area contributed by atoms with Gasteiger partial charge in [0, 0.05) is 6.42 Å². The number of carboxylic acid groups (broad SMARTS) is 3. The first-order chi connectivity index (χ1) is 10.1. The third kappa shape index (κ3) is 2.63. The number of rotatable bonds is 7. The van der Waals surface area contributed by atoms with Crippen molar-refractivity contribution in [1.82, 2.24) is 0 Å². The highest BCUT2D eigenvalue weighted by atomic mass is 16.4. The predicted molar refractivity (Wildman–Crippen MR) is 75.3 cm³/mol. The first kappa shape index (κ1) is 17.9. The van der Waals surface area contributed by atoms with Crippen LogP contribution in [-0.4, -0.2) is 39.0 Å². The lowest BCUT2D eigenvalue weighted by Crippen LogP contribution is -2.59. The van der Waals surface area contributed by atoms with E-state index < -0.39 is 47.4 Å². The Balaban J connectivity index is 3.54. The maximum Gasteiger partial charge on any atom is 0.318 e. The molecule has 1 saturated carbocycles. The van der Waals surface area contributed by atoms with Gasteiger partial charge in [-0.2, -0.15) is 0 Å². The van der Waals surface area contributed by atoms with Crippen molar-refractivity contribution in [1.29, 1.82) is 0 Å². The Bertz CT molecular complexity index is 536. The molecule has 7 nitrogen and oxygen atoms in total. The van der Waals surface area contributed by atoms with Crippen molar-refractivity contribution in [2.75, 3.05) is 0 Å². The second-order valence-corrected chi connectivity index (χ2v) is 5.81. The topological polar surface area (TPSA) is 129 Å². The molecule has 1 rings (SSSR count). The lowest BCUT2D eigenvalue weighted by atomic mass is 9.51. The molecule has 2 atom stereocenters. The number of carboxylic acids is 3. The van der Waals surface area contributed by atoms with Gasteiger partial charge in [0.1, 0.15) is 5.41 Å². The zero-order chi connectivity index (χ0) is 17.1. The predicted octanol–water partition coefficient (Wildman–Crippen LogP) is 1.71. The summed E-state index contributed by atoms with van der Waals surface area (Å²) < 4.78 is 0. The first-order valence-corrected chi connectivity index (χ1v) is 7.01. The summed E-state index contributed by atoms with van der Waals surface area (Å²) in [7, 11) is 0. The summed E-state index contributed by atoms with van der Waals surface area (Å²) in [4.78, 5) is 47.2. The number of carbonyl (C=O) groups is 4. The second-order valence-electron chi connectivity index (χ2n) is 5.81. The smallest absolute Gasteiger partial charge is 0.318 e. The molecule has 0 aromatic carbocycles. The minimum atomic E-state index is -2.15. The van der Waals surface area contributed by atoms with Crippen LogP contribution in [0, 0.1) is 10.8 Å². The standard InChI is InChI=1S/C15H20O7/c1-9(2)11(18)15(13(21)22)7-4-3-6-14(15,12(19)20)8-5-10(16)17/h1,3-8H2,2H3,(H,16,17)(H,19,20)(H,21,22). The molecule has 0 spiro atoms. The molecule has 0 saturated heterocycles. The third-order valence-corrected chi connectivity index (χ3v) is 4.54. The number of hydrogen-bond donors (Lipinski definition) is 3. The summed E-state index contributed by atoms with van der Waals surface area (Å²) >= 11 is 0. The van der Waals surface area contributed by atoms with Gasteiger partial charge in [0.15, 0.2) is 5.78 Å². The number of allylic oxidation sites excluding steroid dienone is 1. The van der Waals surface area contributed by atoms with E-state index in [1.54, 1.807) is 0 Å². The normalized spacial score (nSPS) is 27.9. The number of hydrogen-bond acceptors (Lipinski definition) is 4. The molecule has 1 aliphatic carbocycles. The van der Waals surface area contributed by atoms with Crippen molar-refractivity contribution >= 4 is 23.7 Å². The molecule has 0 aromatic heterocycles. The Morgan fingerprint density at radius 3 is 1.95 bits per heavy atom. The van der Waals surface area contributed by atoms with Gasteiger partial charge in [-0.1, -0.05) is 19.4 Å². The van der Waals surface area contributed by atoms with Gasteiger partial charge in [0.2, 0.25) is 0 Å². The van der Waals surface area contributed by atoms with Gasteiger partial charge in [0.05, 0.1) is 5.41 Å². The molecule has 1 fully saturated rings. The third-order valence-electron chi connectivity index (χ3n) is 4.54. The van der Waals surface area contributed by atoms with Crippen LogP contribution in [-0.2, 0) is 19.2 Å². The maximum absolute atomic E-state index is 12.5. The summed E-state index contributed by atoms with van der Waals surface area (Å²) in [5.41, 5.74) is -4.12. The molecule has 0 aromatic rings. The molecule has 22 heavy (non-hydrogen) atoms. The van der Waals surface area contributed by atoms with Gasteiger partial charge in [-0.25, -0.2) is 0 Å². The molecule has 122 valence electrons. The molecule has 0 radical (unpaired) electrons. The average molecular weight is 312 g/mol. The second kappa shape index (κ2) is 6.29. The van der Waals surface area contributed by atoms with Crippen LogP contribution in [0.1, 0.15) is 45.4 Å². The van der Waals surface area contributed by atoms with E-state index in [1.165, 1.54) is 6.92 Å². The Labute approximate surface area is 127 Å². The van der Waals surface area contributed by atoms with Crippen LogP contribution in [0.2, 0.25) is 0 Å². The van der Waals surface area contributed by atoms with Crippen LogP contribution in [0.25, 0.3) is 0 Å². The number of ketones is 1. The van der Waals surface area contributed by atoms with Gasteiger partial charge < -0.3 is 15.3 Å². The average Bonchev–Trinajstić information content (AvgIpc) is 2.43. The highest BCUT2D eigenvalue weighted by molar-refractivity contribution is 6.14. The quantitative estimate of drug-likeness (QED) is 0.482. The van der Waals surface area contributed by atoms with Gasteiger partial charge in [-0.05, 0) is 31.8 Å². The fourth-order valence-electron chi connectivity index (χ4n) is 3.43. The Kier molecular flexibility index (Phi) is 5.11. The van der Waals surface area contributed by atoms with E-state index in [4.69, 9.17) is 5.11 Å². The zero-order valence-corrected chi connectivity index (χ0v) is 12.4. The van der Waals surface area contributed by atoms with E-state index in [9.17, 15) is 29.4 Å². The van der Waals surface area contributed by atoms with Gasteiger partial charge in [-0.15, -0.1) is 0 Å². The summed E-state index contributed by atoms with van der Waals surface area (Å²) in [5, 5.41) is 28.2. The SMILES string of the molecule is C=C(C)C(=O)C1(C(=O)O)CCCCC1(CCC(=O)O)C(=O)O. The lowest BCUT2D eigenvalue weighted by molar-refractivity contribution is -0.184. The van der Waals surface area contributed by atoms with Crippen molar-refractivity contribution in [2.24, 2.45) is 10.8 Å². The van der Waals surface area contributed by atoms with Crippen LogP contribution in [0.5, 0.6) is 0 Å². The van der Waals surface area contributed by atoms with Crippen LogP contribution < -0.4 is 0 Å². The van der Waals surface area contributed by atoms with E-state index in [0.29, 0.717) is 12.8 Å². The molecule has 1 aliphatic rings. The minimum absolute atomic E-state index is 0.0368. The fourth-order valence-corrected chi connectivity index (χ4v) is 3.43. The zero-order valence-electron chi connectivity index (χ0n) is 12.4. The Hall–Kier alpha value is -2.18. The van der Waals surface area contributed by atoms with Crippen LogP contribution in [0.3, 0.4) is 0 Å². The monoisotopic (exact) mass is 312 g/mol. The first-order valence-electron chi connectivity index (χ1n) is 7.01. The lowest BCUT2D eigenvalue weighted by Gasteiger charge is -2.47. The van der Waals surface area contributed by atoms with Crippen LogP contribution in [0.4, 0.5) is 0 Å². The van der Waals surface area contributed by atoms with E-state index >= 15 is 0 Å². The number of Topliss-reactive ketones (excluding diaryl/α,β-unsaturated/α-hetero) is 1. The van der Waals surface area contributed by atoms with Crippen molar-refractivity contribution in [2.45, 2.75) is 45.4 Å². The van der Waals surface area contributed by atoms with E-state index in [0.717, 1.165) is 0 Å². The maximum atomic E-state index is 12.5. The Morgan fingerprint density at radius 2 is 1.55 bits per heavy atom. The molecule has 0 bridgehead atoms. The molecule has 7 heteroatoms. The van der Waals surface area contributed by atoms with Crippen molar-refractivity contribution in [3.05, 3.63) is 12.2 Å². The molecule has 0 amide bonds. The minimum Gasteiger partial charge on any atom is -0.481 e. The molecule has 3 N–H and O–H groups in total. The molecule has 0 aliphatic heterocycles. The number of carbonyl (C=O) groups excluding carboxylic acids is 1. The highest BCUT2D eigenvalue weighted by Crippen LogP contribution is 2.55. The molecular formula is C15H20O7. The Morgan fingerprint density at radius 1 is 1.00 bits per heavy atom. The van der Waals surface area contributed by atoms with E-state index in [1.807, 2.05) is 0 Å². The van der Waals surface area contributed by atoms with E-state index in [2.05, 4.69) is 6.58 Å². The summed E-state index contributed by atoms with van der Waals surface area (Å²) in [6.07, 6.45) is -0.244. The van der Waals surface area contributed by atoms with E-state index in [-0.39, 0.29) is 18.4 Å². The summed E-state index contributed by atoms with van der Waals surface area (Å²) in [6.45, 7) is 4.79. The van der Waals surface area contributed by atoms with Gasteiger partial charge in [-0.3, -0.25) is 19.2 Å². The summed E-state index contributed by atoms with van der Waals surface area (Å²) in [5.74, 6) is -5.01. The van der Waals surface area contributed by atoms with Crippen LogP contribution in [0.15, 0.2) is 12.2 Å². The van der Waals surface area contributed by atoms with Gasteiger partial charge in [0.25, 0.3) is 0 Å². The summed E-state index contributed by atoms with van der Waals surface area (Å²) in [6, 6.07) is 0. The molecule has 2 unspecified atom stereocenters.